The molecule has 1 N–H and O–H groups in total. The molecule has 1 aromatic heterocycles. The Bertz CT molecular complexity index is 847. The number of thiophene rings is 1. The Morgan fingerprint density at radius 3 is 2.54 bits per heavy atom. The van der Waals surface area contributed by atoms with Crippen LogP contribution in [0.15, 0.2) is 66.0 Å². The van der Waals surface area contributed by atoms with Gasteiger partial charge < -0.3 is 10.1 Å². The lowest BCUT2D eigenvalue weighted by Gasteiger charge is -2.19. The second-order valence-electron chi connectivity index (χ2n) is 5.83. The molecule has 0 spiro atoms. The molecule has 134 valence electrons. The van der Waals surface area contributed by atoms with Gasteiger partial charge in [-0.3, -0.25) is 4.79 Å². The first-order valence-electron chi connectivity index (χ1n) is 8.46. The van der Waals surface area contributed by atoms with Gasteiger partial charge in [0.1, 0.15) is 0 Å². The molecule has 0 aliphatic rings. The average Bonchev–Trinajstić information content (AvgIpc) is 3.20. The van der Waals surface area contributed by atoms with Crippen LogP contribution in [0.2, 0.25) is 0 Å². The van der Waals surface area contributed by atoms with Crippen molar-refractivity contribution < 1.29 is 13.9 Å². The van der Waals surface area contributed by atoms with Crippen molar-refractivity contribution in [3.63, 3.8) is 0 Å². The highest BCUT2D eigenvalue weighted by Gasteiger charge is 2.18. The van der Waals surface area contributed by atoms with E-state index >= 15 is 0 Å². The van der Waals surface area contributed by atoms with Crippen molar-refractivity contribution in [3.8, 4) is 5.75 Å². The number of carbonyl (C=O) groups is 1. The van der Waals surface area contributed by atoms with E-state index in [-0.39, 0.29) is 24.3 Å². The van der Waals surface area contributed by atoms with Crippen LogP contribution in [0.4, 0.5) is 4.39 Å². The molecule has 1 heterocycles. The normalized spacial score (nSPS) is 11.8. The molecule has 1 atom stereocenters. The molecule has 0 unspecified atom stereocenters. The molecule has 26 heavy (non-hydrogen) atoms. The highest BCUT2D eigenvalue weighted by Crippen LogP contribution is 2.26. The summed E-state index contributed by atoms with van der Waals surface area (Å²) in [6.07, 6.45) is 0.965. The maximum absolute atomic E-state index is 13.6. The standard InChI is InChI=1S/C21H20FNO2S/c1-2-15-9-11-16(12-10-15)21(19-8-5-13-26-19)23-20(24)14-25-18-7-4-3-6-17(18)22/h3-13,21H,2,14H2,1H3,(H,23,24)/t21-/m0/s1. The summed E-state index contributed by atoms with van der Waals surface area (Å²) in [7, 11) is 0. The van der Waals surface area contributed by atoms with Crippen molar-refractivity contribution in [3.05, 3.63) is 87.9 Å². The Labute approximate surface area is 156 Å². The SMILES string of the molecule is CCc1ccc([C@H](NC(=O)COc2ccccc2F)c2cccs2)cc1. The van der Waals surface area contributed by atoms with E-state index in [4.69, 9.17) is 4.74 Å². The maximum atomic E-state index is 13.6. The van der Waals surface area contributed by atoms with Crippen molar-refractivity contribution in [1.29, 1.82) is 0 Å². The van der Waals surface area contributed by atoms with Crippen molar-refractivity contribution in [2.75, 3.05) is 6.61 Å². The van der Waals surface area contributed by atoms with Crippen LogP contribution in [0.25, 0.3) is 0 Å². The molecule has 0 saturated carbocycles. The monoisotopic (exact) mass is 369 g/mol. The van der Waals surface area contributed by atoms with E-state index < -0.39 is 5.82 Å². The summed E-state index contributed by atoms with van der Waals surface area (Å²) in [5.74, 6) is -0.709. The average molecular weight is 369 g/mol. The summed E-state index contributed by atoms with van der Waals surface area (Å²) >= 11 is 1.58. The molecule has 0 saturated heterocycles. The first-order valence-corrected chi connectivity index (χ1v) is 9.34. The lowest BCUT2D eigenvalue weighted by molar-refractivity contribution is -0.123. The van der Waals surface area contributed by atoms with E-state index in [0.29, 0.717) is 0 Å². The molecule has 3 nitrogen and oxygen atoms in total. The van der Waals surface area contributed by atoms with Gasteiger partial charge in [0.05, 0.1) is 6.04 Å². The van der Waals surface area contributed by atoms with Gasteiger partial charge in [0.2, 0.25) is 0 Å². The molecule has 3 rings (SSSR count). The van der Waals surface area contributed by atoms with Crippen molar-refractivity contribution in [2.24, 2.45) is 0 Å². The van der Waals surface area contributed by atoms with Gasteiger partial charge in [-0.2, -0.15) is 0 Å². The van der Waals surface area contributed by atoms with E-state index in [0.717, 1.165) is 16.9 Å². The fourth-order valence-corrected chi connectivity index (χ4v) is 3.43. The Morgan fingerprint density at radius 2 is 1.88 bits per heavy atom. The third-order valence-electron chi connectivity index (χ3n) is 4.05. The summed E-state index contributed by atoms with van der Waals surface area (Å²) in [5, 5.41) is 4.96. The minimum atomic E-state index is -0.481. The Morgan fingerprint density at radius 1 is 1.12 bits per heavy atom. The number of halogens is 1. The smallest absolute Gasteiger partial charge is 0.258 e. The zero-order chi connectivity index (χ0) is 18.4. The van der Waals surface area contributed by atoms with E-state index in [1.165, 1.54) is 17.7 Å². The molecular weight excluding hydrogens is 349 g/mol. The zero-order valence-electron chi connectivity index (χ0n) is 14.4. The number of carbonyl (C=O) groups excluding carboxylic acids is 1. The number of rotatable bonds is 7. The number of hydrogen-bond acceptors (Lipinski definition) is 3. The minimum absolute atomic E-state index is 0.0719. The third kappa shape index (κ3) is 4.49. The van der Waals surface area contributed by atoms with Crippen LogP contribution >= 0.6 is 11.3 Å². The van der Waals surface area contributed by atoms with Gasteiger partial charge in [0.25, 0.3) is 5.91 Å². The summed E-state index contributed by atoms with van der Waals surface area (Å²) in [6, 6.07) is 17.9. The predicted octanol–water partition coefficient (Wildman–Crippen LogP) is 4.73. The third-order valence-corrected chi connectivity index (χ3v) is 4.99. The largest absolute Gasteiger partial charge is 0.481 e. The molecule has 0 fully saturated rings. The highest BCUT2D eigenvalue weighted by atomic mass is 32.1. The number of para-hydroxylation sites is 1. The summed E-state index contributed by atoms with van der Waals surface area (Å²) < 4.78 is 18.9. The summed E-state index contributed by atoms with van der Waals surface area (Å²) in [6.45, 7) is 1.86. The van der Waals surface area contributed by atoms with Crippen LogP contribution in [0.5, 0.6) is 5.75 Å². The number of hydrogen-bond donors (Lipinski definition) is 1. The molecular formula is C21H20FNO2S. The van der Waals surface area contributed by atoms with Gasteiger partial charge in [-0.25, -0.2) is 4.39 Å². The van der Waals surface area contributed by atoms with E-state index in [1.54, 1.807) is 23.5 Å². The number of nitrogens with one attached hydrogen (secondary N) is 1. The molecule has 1 amide bonds. The highest BCUT2D eigenvalue weighted by molar-refractivity contribution is 7.10. The van der Waals surface area contributed by atoms with Crippen molar-refractivity contribution in [1.82, 2.24) is 5.32 Å². The summed E-state index contributed by atoms with van der Waals surface area (Å²) in [4.78, 5) is 13.4. The second kappa shape index (κ2) is 8.63. The molecule has 0 radical (unpaired) electrons. The molecule has 2 aromatic carbocycles. The fraction of sp³-hybridized carbons (Fsp3) is 0.190. The number of aryl methyl sites for hydroxylation is 1. The van der Waals surface area contributed by atoms with E-state index in [2.05, 4.69) is 24.4 Å². The van der Waals surface area contributed by atoms with Crippen LogP contribution in [0.1, 0.15) is 29.0 Å². The van der Waals surface area contributed by atoms with Crippen LogP contribution in [-0.4, -0.2) is 12.5 Å². The van der Waals surface area contributed by atoms with Crippen molar-refractivity contribution >= 4 is 17.2 Å². The quantitative estimate of drug-likeness (QED) is 0.654. The molecule has 0 bridgehead atoms. The van der Waals surface area contributed by atoms with Gasteiger partial charge >= 0.3 is 0 Å². The Balaban J connectivity index is 1.71. The number of amides is 1. The number of ether oxygens (including phenoxy) is 1. The van der Waals surface area contributed by atoms with Gasteiger partial charge in [-0.1, -0.05) is 49.4 Å². The minimum Gasteiger partial charge on any atom is -0.481 e. The van der Waals surface area contributed by atoms with Gasteiger partial charge in [0.15, 0.2) is 18.2 Å². The lowest BCUT2D eigenvalue weighted by atomic mass is 10.0. The van der Waals surface area contributed by atoms with E-state index in [1.807, 2.05) is 29.6 Å². The summed E-state index contributed by atoms with van der Waals surface area (Å²) in [5.41, 5.74) is 2.25. The van der Waals surface area contributed by atoms with Crippen LogP contribution in [0.3, 0.4) is 0 Å². The van der Waals surface area contributed by atoms with Crippen LogP contribution in [-0.2, 0) is 11.2 Å². The maximum Gasteiger partial charge on any atom is 0.258 e. The lowest BCUT2D eigenvalue weighted by Crippen LogP contribution is -2.33. The second-order valence-corrected chi connectivity index (χ2v) is 6.81. The Hall–Kier alpha value is -2.66. The predicted molar refractivity (Wildman–Crippen MR) is 102 cm³/mol. The van der Waals surface area contributed by atoms with Crippen LogP contribution < -0.4 is 10.1 Å². The molecule has 5 heteroatoms. The first kappa shape index (κ1) is 18.1. The fourth-order valence-electron chi connectivity index (χ4n) is 2.63. The first-order chi connectivity index (χ1) is 12.7. The molecule has 0 aliphatic heterocycles. The Kier molecular flexibility index (Phi) is 6.02. The number of benzene rings is 2. The molecule has 3 aromatic rings. The van der Waals surface area contributed by atoms with Crippen molar-refractivity contribution in [2.45, 2.75) is 19.4 Å². The van der Waals surface area contributed by atoms with Crippen LogP contribution in [0, 0.1) is 5.82 Å². The molecule has 0 aliphatic carbocycles. The van der Waals surface area contributed by atoms with E-state index in [9.17, 15) is 9.18 Å². The topological polar surface area (TPSA) is 38.3 Å². The van der Waals surface area contributed by atoms with Gasteiger partial charge in [0, 0.05) is 4.88 Å². The van der Waals surface area contributed by atoms with Gasteiger partial charge in [-0.15, -0.1) is 11.3 Å². The zero-order valence-corrected chi connectivity index (χ0v) is 15.3. The van der Waals surface area contributed by atoms with Gasteiger partial charge in [-0.05, 0) is 41.1 Å².